The molecule has 176 valence electrons. The Morgan fingerprint density at radius 1 is 0.971 bits per heavy atom. The third kappa shape index (κ3) is 4.33. The third-order valence-electron chi connectivity index (χ3n) is 6.56. The standard InChI is InChI=1S/C24H26ClN7O2/c25-21-15-22-27-7-8-32(22)24(30-21)29-16-1-3-18(4-2-16)34-20-14-17(31-9-11-33-12-10-31)13-19-23(20)28-6-5-26-19/h5-8,13-16,18H,1-4,9-12H2,(H,29,30)/t16-,18+. The van der Waals surface area contributed by atoms with Crippen LogP contribution in [-0.2, 0) is 4.74 Å². The summed E-state index contributed by atoms with van der Waals surface area (Å²) in [6.07, 6.45) is 11.0. The van der Waals surface area contributed by atoms with Crippen molar-refractivity contribution in [3.05, 3.63) is 48.1 Å². The molecule has 4 aromatic rings. The van der Waals surface area contributed by atoms with Gasteiger partial charge in [0.1, 0.15) is 22.1 Å². The van der Waals surface area contributed by atoms with Gasteiger partial charge in [-0.2, -0.15) is 0 Å². The first-order valence-electron chi connectivity index (χ1n) is 11.7. The number of hydrogen-bond acceptors (Lipinski definition) is 8. The number of morpholine rings is 1. The first-order chi connectivity index (χ1) is 16.7. The number of anilines is 2. The molecule has 34 heavy (non-hydrogen) atoms. The van der Waals surface area contributed by atoms with E-state index in [4.69, 9.17) is 21.1 Å². The first kappa shape index (κ1) is 21.4. The van der Waals surface area contributed by atoms with Crippen LogP contribution >= 0.6 is 11.6 Å². The molecule has 0 unspecified atom stereocenters. The van der Waals surface area contributed by atoms with Gasteiger partial charge in [-0.25, -0.2) is 15.0 Å². The van der Waals surface area contributed by atoms with Gasteiger partial charge in [0, 0.05) is 61.7 Å². The molecular formula is C24H26ClN7O2. The highest BCUT2D eigenvalue weighted by molar-refractivity contribution is 6.29. The molecular weight excluding hydrogens is 454 g/mol. The van der Waals surface area contributed by atoms with Crippen molar-refractivity contribution in [3.63, 3.8) is 0 Å². The number of benzene rings is 1. The molecule has 1 saturated carbocycles. The minimum absolute atomic E-state index is 0.128. The summed E-state index contributed by atoms with van der Waals surface area (Å²) in [6.45, 7) is 3.20. The lowest BCUT2D eigenvalue weighted by Gasteiger charge is -2.31. The predicted molar refractivity (Wildman–Crippen MR) is 131 cm³/mol. The van der Waals surface area contributed by atoms with Crippen molar-refractivity contribution >= 4 is 39.9 Å². The first-order valence-corrected chi connectivity index (χ1v) is 12.1. The van der Waals surface area contributed by atoms with Gasteiger partial charge in [0.25, 0.3) is 0 Å². The summed E-state index contributed by atoms with van der Waals surface area (Å²) in [4.78, 5) is 20.2. The fourth-order valence-electron chi connectivity index (χ4n) is 4.81. The van der Waals surface area contributed by atoms with Crippen LogP contribution < -0.4 is 15.0 Å². The number of hydrogen-bond donors (Lipinski definition) is 1. The average molecular weight is 480 g/mol. The average Bonchev–Trinajstić information content (AvgIpc) is 3.34. The van der Waals surface area contributed by atoms with Crippen LogP contribution in [0, 0.1) is 0 Å². The van der Waals surface area contributed by atoms with Gasteiger partial charge in [0.2, 0.25) is 5.95 Å². The zero-order valence-electron chi connectivity index (χ0n) is 18.7. The van der Waals surface area contributed by atoms with E-state index in [0.29, 0.717) is 11.2 Å². The Bertz CT molecular complexity index is 1300. The summed E-state index contributed by atoms with van der Waals surface area (Å²) >= 11 is 6.18. The van der Waals surface area contributed by atoms with E-state index in [-0.39, 0.29) is 6.10 Å². The van der Waals surface area contributed by atoms with Gasteiger partial charge in [-0.15, -0.1) is 0 Å². The summed E-state index contributed by atoms with van der Waals surface area (Å²) in [7, 11) is 0. The summed E-state index contributed by atoms with van der Waals surface area (Å²) in [6, 6.07) is 6.26. The van der Waals surface area contributed by atoms with E-state index < -0.39 is 0 Å². The molecule has 1 aromatic carbocycles. The Morgan fingerprint density at radius 2 is 1.79 bits per heavy atom. The second-order valence-corrected chi connectivity index (χ2v) is 9.15. The zero-order chi connectivity index (χ0) is 22.9. The van der Waals surface area contributed by atoms with Crippen molar-refractivity contribution in [2.75, 3.05) is 36.5 Å². The number of ether oxygens (including phenoxy) is 2. The van der Waals surface area contributed by atoms with E-state index in [1.54, 1.807) is 24.7 Å². The number of halogens is 1. The van der Waals surface area contributed by atoms with Crippen LogP contribution in [0.25, 0.3) is 16.7 Å². The Morgan fingerprint density at radius 3 is 2.65 bits per heavy atom. The van der Waals surface area contributed by atoms with Crippen LogP contribution in [0.1, 0.15) is 25.7 Å². The topological polar surface area (TPSA) is 89.7 Å². The number of rotatable bonds is 5. The van der Waals surface area contributed by atoms with Crippen LogP contribution in [0.3, 0.4) is 0 Å². The molecule has 0 radical (unpaired) electrons. The Balaban J connectivity index is 1.16. The highest BCUT2D eigenvalue weighted by Crippen LogP contribution is 2.33. The van der Waals surface area contributed by atoms with Gasteiger partial charge in [-0.1, -0.05) is 11.6 Å². The lowest BCUT2D eigenvalue weighted by atomic mass is 9.93. The highest BCUT2D eigenvalue weighted by atomic mass is 35.5. The van der Waals surface area contributed by atoms with Gasteiger partial charge >= 0.3 is 0 Å². The van der Waals surface area contributed by atoms with Crippen molar-refractivity contribution in [1.29, 1.82) is 0 Å². The van der Waals surface area contributed by atoms with Gasteiger partial charge in [0.05, 0.1) is 24.8 Å². The molecule has 0 atom stereocenters. The van der Waals surface area contributed by atoms with E-state index in [9.17, 15) is 0 Å². The Kier molecular flexibility index (Phi) is 5.80. The summed E-state index contributed by atoms with van der Waals surface area (Å²) in [5.41, 5.74) is 3.56. The molecule has 2 fully saturated rings. The predicted octanol–water partition coefficient (Wildman–Crippen LogP) is 3.96. The van der Waals surface area contributed by atoms with Crippen LogP contribution in [0.4, 0.5) is 11.6 Å². The maximum absolute atomic E-state index is 6.54. The minimum atomic E-state index is 0.128. The smallest absolute Gasteiger partial charge is 0.210 e. The van der Waals surface area contributed by atoms with Gasteiger partial charge in [0.15, 0.2) is 0 Å². The number of imidazole rings is 1. The highest BCUT2D eigenvalue weighted by Gasteiger charge is 2.25. The van der Waals surface area contributed by atoms with E-state index in [0.717, 1.165) is 86.1 Å². The Labute approximate surface area is 202 Å². The third-order valence-corrected chi connectivity index (χ3v) is 6.75. The lowest BCUT2D eigenvalue weighted by Crippen LogP contribution is -2.36. The zero-order valence-corrected chi connectivity index (χ0v) is 19.5. The quantitative estimate of drug-likeness (QED) is 0.430. The molecule has 4 heterocycles. The van der Waals surface area contributed by atoms with E-state index in [1.807, 2.05) is 10.6 Å². The molecule has 0 bridgehead atoms. The monoisotopic (exact) mass is 479 g/mol. The van der Waals surface area contributed by atoms with E-state index >= 15 is 0 Å². The second kappa shape index (κ2) is 9.23. The van der Waals surface area contributed by atoms with Crippen molar-refractivity contribution in [1.82, 2.24) is 24.3 Å². The molecule has 1 N–H and O–H groups in total. The molecule has 6 rings (SSSR count). The molecule has 10 heteroatoms. The van der Waals surface area contributed by atoms with Gasteiger partial charge in [-0.05, 0) is 31.7 Å². The van der Waals surface area contributed by atoms with Gasteiger partial charge in [-0.3, -0.25) is 9.38 Å². The van der Waals surface area contributed by atoms with Crippen molar-refractivity contribution in [2.24, 2.45) is 0 Å². The number of nitrogens with zero attached hydrogens (tertiary/aromatic N) is 6. The summed E-state index contributed by atoms with van der Waals surface area (Å²) in [5, 5.41) is 3.98. The fraction of sp³-hybridized carbons (Fsp3) is 0.417. The Hall–Kier alpha value is -3.17. The molecule has 2 aliphatic rings. The maximum Gasteiger partial charge on any atom is 0.210 e. The number of nitrogens with one attached hydrogen (secondary N) is 1. The van der Waals surface area contributed by atoms with Crippen molar-refractivity contribution in [2.45, 2.75) is 37.8 Å². The molecule has 0 amide bonds. The molecule has 0 spiro atoms. The number of aromatic nitrogens is 5. The molecule has 1 aliphatic carbocycles. The van der Waals surface area contributed by atoms with Gasteiger partial charge < -0.3 is 19.7 Å². The lowest BCUT2D eigenvalue weighted by molar-refractivity contribution is 0.122. The normalized spacial score (nSPS) is 21.1. The van der Waals surface area contributed by atoms with Crippen molar-refractivity contribution in [3.8, 4) is 5.75 Å². The number of fused-ring (bicyclic) bond motifs is 2. The fourth-order valence-corrected chi connectivity index (χ4v) is 4.98. The second-order valence-electron chi connectivity index (χ2n) is 8.76. The maximum atomic E-state index is 6.54. The van der Waals surface area contributed by atoms with Crippen LogP contribution in [0.5, 0.6) is 5.75 Å². The van der Waals surface area contributed by atoms with Crippen LogP contribution in [0.2, 0.25) is 5.15 Å². The minimum Gasteiger partial charge on any atom is -0.488 e. The molecule has 9 nitrogen and oxygen atoms in total. The van der Waals surface area contributed by atoms with E-state index in [1.165, 1.54) is 0 Å². The summed E-state index contributed by atoms with van der Waals surface area (Å²) in [5.74, 6) is 1.53. The van der Waals surface area contributed by atoms with E-state index in [2.05, 4.69) is 42.3 Å². The molecule has 3 aromatic heterocycles. The summed E-state index contributed by atoms with van der Waals surface area (Å²) < 4.78 is 14.0. The molecule has 1 saturated heterocycles. The van der Waals surface area contributed by atoms with Crippen LogP contribution in [-0.4, -0.2) is 62.8 Å². The van der Waals surface area contributed by atoms with Crippen molar-refractivity contribution < 1.29 is 9.47 Å². The molecule has 1 aliphatic heterocycles. The largest absolute Gasteiger partial charge is 0.488 e. The SMILES string of the molecule is Clc1cc2nccn2c(N[C@H]2CC[C@@H](Oc3cc(N4CCOCC4)cc4nccnc34)CC2)n1. The van der Waals surface area contributed by atoms with Crippen LogP contribution in [0.15, 0.2) is 43.0 Å².